The maximum atomic E-state index is 10.7. The smallest absolute Gasteiger partial charge is 0.236 e. The van der Waals surface area contributed by atoms with Crippen LogP contribution in [-0.2, 0) is 4.79 Å². The minimum Gasteiger partial charge on any atom is -0.368 e. The van der Waals surface area contributed by atoms with E-state index in [9.17, 15) is 4.79 Å². The van der Waals surface area contributed by atoms with Crippen molar-refractivity contribution in [2.45, 2.75) is 6.92 Å². The molecule has 0 radical (unpaired) electrons. The summed E-state index contributed by atoms with van der Waals surface area (Å²) >= 11 is 0. The average molecular weight is 235 g/mol. The second kappa shape index (κ2) is 4.64. The number of carbonyl (C=O) groups is 1. The molecule has 8 heteroatoms. The van der Waals surface area contributed by atoms with Crippen LogP contribution in [-0.4, -0.2) is 38.9 Å². The predicted molar refractivity (Wildman–Crippen MR) is 63.5 cm³/mol. The lowest BCUT2D eigenvalue weighted by molar-refractivity contribution is -0.116. The zero-order chi connectivity index (χ0) is 12.3. The number of carbonyl (C=O) groups excluding carboxylic acids is 1. The summed E-state index contributed by atoms with van der Waals surface area (Å²) < 4.78 is 0. The predicted octanol–water partition coefficient (Wildman–Crippen LogP) is -0.318. The molecule has 8 nitrogen and oxygen atoms in total. The second-order valence-corrected chi connectivity index (χ2v) is 3.35. The molecule has 5 N–H and O–H groups in total. The Morgan fingerprint density at radius 3 is 3.00 bits per heavy atom. The van der Waals surface area contributed by atoms with E-state index in [2.05, 4.69) is 30.6 Å². The van der Waals surface area contributed by atoms with Crippen molar-refractivity contribution in [3.63, 3.8) is 0 Å². The number of fused-ring (bicyclic) bond motifs is 1. The summed E-state index contributed by atoms with van der Waals surface area (Å²) in [4.78, 5) is 26.1. The fourth-order valence-corrected chi connectivity index (χ4v) is 1.37. The summed E-state index contributed by atoms with van der Waals surface area (Å²) in [5.41, 5.74) is 6.25. The van der Waals surface area contributed by atoms with Gasteiger partial charge < -0.3 is 21.4 Å². The van der Waals surface area contributed by atoms with E-state index in [1.54, 1.807) is 0 Å². The summed E-state index contributed by atoms with van der Waals surface area (Å²) in [5.74, 6) is 0.502. The quantitative estimate of drug-likeness (QED) is 0.563. The van der Waals surface area contributed by atoms with Crippen molar-refractivity contribution in [2.24, 2.45) is 5.73 Å². The second-order valence-electron chi connectivity index (χ2n) is 3.35. The molecule has 0 fully saturated rings. The first-order chi connectivity index (χ1) is 8.20. The van der Waals surface area contributed by atoms with Crippen LogP contribution in [0.25, 0.3) is 11.2 Å². The van der Waals surface area contributed by atoms with Gasteiger partial charge in [-0.15, -0.1) is 0 Å². The average Bonchev–Trinajstić information content (AvgIpc) is 2.74. The van der Waals surface area contributed by atoms with Crippen LogP contribution in [0.4, 0.5) is 11.8 Å². The molecule has 0 aliphatic rings. The zero-order valence-electron chi connectivity index (χ0n) is 9.32. The summed E-state index contributed by atoms with van der Waals surface area (Å²) in [6.45, 7) is 2.65. The third-order valence-corrected chi connectivity index (χ3v) is 2.05. The number of H-pyrrole nitrogens is 1. The summed E-state index contributed by atoms with van der Waals surface area (Å²) in [6, 6.07) is 0. The number of anilines is 2. The molecule has 2 aromatic heterocycles. The molecule has 17 heavy (non-hydrogen) atoms. The maximum Gasteiger partial charge on any atom is 0.236 e. The van der Waals surface area contributed by atoms with E-state index in [-0.39, 0.29) is 6.54 Å². The van der Waals surface area contributed by atoms with E-state index in [0.717, 1.165) is 0 Å². The van der Waals surface area contributed by atoms with Crippen LogP contribution in [0, 0.1) is 0 Å². The lowest BCUT2D eigenvalue weighted by Gasteiger charge is -2.06. The number of nitrogens with zero attached hydrogens (tertiary/aromatic N) is 3. The molecule has 2 aromatic rings. The number of rotatable bonds is 5. The lowest BCUT2D eigenvalue weighted by atomic mass is 10.4. The number of primary amides is 1. The van der Waals surface area contributed by atoms with Gasteiger partial charge in [-0.2, -0.15) is 9.97 Å². The molecule has 0 aliphatic carbocycles. The Hall–Kier alpha value is -2.38. The van der Waals surface area contributed by atoms with Crippen LogP contribution >= 0.6 is 0 Å². The normalized spacial score (nSPS) is 10.4. The topological polar surface area (TPSA) is 122 Å². The molecule has 0 aliphatic heterocycles. The van der Waals surface area contributed by atoms with Crippen LogP contribution in [0.15, 0.2) is 6.33 Å². The fraction of sp³-hybridized carbons (Fsp3) is 0.333. The van der Waals surface area contributed by atoms with Gasteiger partial charge in [0.15, 0.2) is 11.5 Å². The SMILES string of the molecule is CCNc1nc(NCC(N)=O)c2[nH]cnc2n1. The highest BCUT2D eigenvalue weighted by Gasteiger charge is 2.09. The summed E-state index contributed by atoms with van der Waals surface area (Å²) in [6.07, 6.45) is 1.52. The first-order valence-corrected chi connectivity index (χ1v) is 5.18. The number of hydrogen-bond acceptors (Lipinski definition) is 6. The molecule has 0 spiro atoms. The number of aromatic amines is 1. The number of nitrogens with two attached hydrogens (primary N) is 1. The van der Waals surface area contributed by atoms with Gasteiger partial charge in [0.05, 0.1) is 12.9 Å². The highest BCUT2D eigenvalue weighted by atomic mass is 16.1. The van der Waals surface area contributed by atoms with Gasteiger partial charge in [0.1, 0.15) is 5.52 Å². The van der Waals surface area contributed by atoms with Gasteiger partial charge in [-0.05, 0) is 6.92 Å². The maximum absolute atomic E-state index is 10.7. The van der Waals surface area contributed by atoms with Crippen molar-refractivity contribution in [2.75, 3.05) is 23.7 Å². The fourth-order valence-electron chi connectivity index (χ4n) is 1.37. The molecule has 0 unspecified atom stereocenters. The standard InChI is InChI=1S/C9H13N7O/c1-2-11-9-15-7(12-3-5(10)17)6-8(16-9)14-4-13-6/h4H,2-3H2,1H3,(H2,10,17)(H3,11,12,13,14,15,16). The van der Waals surface area contributed by atoms with Gasteiger partial charge in [0, 0.05) is 6.54 Å². The Morgan fingerprint density at radius 2 is 2.29 bits per heavy atom. The van der Waals surface area contributed by atoms with Crippen molar-refractivity contribution in [1.82, 2.24) is 19.9 Å². The third-order valence-electron chi connectivity index (χ3n) is 2.05. The van der Waals surface area contributed by atoms with Crippen LogP contribution in [0.3, 0.4) is 0 Å². The Labute approximate surface area is 97.0 Å². The van der Waals surface area contributed by atoms with Gasteiger partial charge in [-0.25, -0.2) is 4.98 Å². The number of amides is 1. The van der Waals surface area contributed by atoms with Crippen LogP contribution in [0.1, 0.15) is 6.92 Å². The Bertz CT molecular complexity index is 535. The van der Waals surface area contributed by atoms with Crippen molar-refractivity contribution in [1.29, 1.82) is 0 Å². The first-order valence-electron chi connectivity index (χ1n) is 5.18. The molecule has 1 amide bonds. The van der Waals surface area contributed by atoms with E-state index >= 15 is 0 Å². The summed E-state index contributed by atoms with van der Waals surface area (Å²) in [5, 5.41) is 5.82. The Balaban J connectivity index is 2.36. The number of nitrogens with one attached hydrogen (secondary N) is 3. The molecule has 2 rings (SSSR count). The Kier molecular flexibility index (Phi) is 3.03. The molecular formula is C9H13N7O. The zero-order valence-corrected chi connectivity index (χ0v) is 9.32. The third kappa shape index (κ3) is 2.41. The minimum absolute atomic E-state index is 0.0106. The van der Waals surface area contributed by atoms with E-state index in [0.29, 0.717) is 29.5 Å². The van der Waals surface area contributed by atoms with Crippen molar-refractivity contribution >= 4 is 28.8 Å². The molecule has 0 aromatic carbocycles. The van der Waals surface area contributed by atoms with Crippen LogP contribution in [0.5, 0.6) is 0 Å². The van der Waals surface area contributed by atoms with Crippen molar-refractivity contribution < 1.29 is 4.79 Å². The lowest BCUT2D eigenvalue weighted by Crippen LogP contribution is -2.22. The summed E-state index contributed by atoms with van der Waals surface area (Å²) in [7, 11) is 0. The molecule has 0 bridgehead atoms. The van der Waals surface area contributed by atoms with Gasteiger partial charge >= 0.3 is 0 Å². The van der Waals surface area contributed by atoms with E-state index < -0.39 is 5.91 Å². The van der Waals surface area contributed by atoms with Crippen LogP contribution < -0.4 is 16.4 Å². The molecular weight excluding hydrogens is 222 g/mol. The van der Waals surface area contributed by atoms with E-state index in [1.165, 1.54) is 6.33 Å². The van der Waals surface area contributed by atoms with Gasteiger partial charge in [-0.1, -0.05) is 0 Å². The number of imidazole rings is 1. The van der Waals surface area contributed by atoms with Gasteiger partial charge in [0.2, 0.25) is 11.9 Å². The highest BCUT2D eigenvalue weighted by Crippen LogP contribution is 2.17. The molecule has 0 atom stereocenters. The van der Waals surface area contributed by atoms with Gasteiger partial charge in [0.25, 0.3) is 0 Å². The molecule has 90 valence electrons. The largest absolute Gasteiger partial charge is 0.368 e. The van der Waals surface area contributed by atoms with Gasteiger partial charge in [-0.3, -0.25) is 4.79 Å². The number of aromatic nitrogens is 4. The highest BCUT2D eigenvalue weighted by molar-refractivity contribution is 5.86. The monoisotopic (exact) mass is 235 g/mol. The number of hydrogen-bond donors (Lipinski definition) is 4. The first kappa shape index (κ1) is 11.1. The molecule has 0 saturated carbocycles. The van der Waals surface area contributed by atoms with E-state index in [1.807, 2.05) is 6.92 Å². The van der Waals surface area contributed by atoms with E-state index in [4.69, 9.17) is 5.73 Å². The molecule has 2 heterocycles. The van der Waals surface area contributed by atoms with Crippen molar-refractivity contribution in [3.05, 3.63) is 6.33 Å². The van der Waals surface area contributed by atoms with Crippen LogP contribution in [0.2, 0.25) is 0 Å². The van der Waals surface area contributed by atoms with Crippen molar-refractivity contribution in [3.8, 4) is 0 Å². The Morgan fingerprint density at radius 1 is 1.47 bits per heavy atom. The minimum atomic E-state index is -0.457. The molecule has 0 saturated heterocycles.